The molecule has 0 fully saturated rings. The van der Waals surface area contributed by atoms with Crippen molar-refractivity contribution in [2.24, 2.45) is 0 Å². The molecule has 0 heterocycles. The summed E-state index contributed by atoms with van der Waals surface area (Å²) >= 11 is 0. The summed E-state index contributed by atoms with van der Waals surface area (Å²) in [6, 6.07) is 0. The summed E-state index contributed by atoms with van der Waals surface area (Å²) in [5, 5.41) is 9.66. The molecule has 86 valence electrons. The standard InChI is InChI=1S/C11H25NO2/c1-5-12(10-11(2,3)13)8-6-7-9-14-4/h13H,5-10H2,1-4H3. The largest absolute Gasteiger partial charge is 0.389 e. The second-order valence-corrected chi connectivity index (χ2v) is 4.38. The topological polar surface area (TPSA) is 32.7 Å². The number of rotatable bonds is 8. The number of methoxy groups -OCH3 is 1. The molecule has 0 bridgehead atoms. The Morgan fingerprint density at radius 2 is 1.93 bits per heavy atom. The quantitative estimate of drug-likeness (QED) is 0.607. The lowest BCUT2D eigenvalue weighted by atomic mass is 10.1. The van der Waals surface area contributed by atoms with E-state index >= 15 is 0 Å². The highest BCUT2D eigenvalue weighted by Gasteiger charge is 2.16. The number of hydrogen-bond acceptors (Lipinski definition) is 3. The van der Waals surface area contributed by atoms with E-state index in [1.165, 1.54) is 0 Å². The van der Waals surface area contributed by atoms with Gasteiger partial charge in [0.1, 0.15) is 0 Å². The van der Waals surface area contributed by atoms with E-state index in [9.17, 15) is 5.11 Å². The number of unbranched alkanes of at least 4 members (excludes halogenated alkanes) is 1. The van der Waals surface area contributed by atoms with Crippen LogP contribution in [0.15, 0.2) is 0 Å². The minimum atomic E-state index is -0.586. The molecule has 0 saturated carbocycles. The van der Waals surface area contributed by atoms with Crippen LogP contribution in [0.2, 0.25) is 0 Å². The molecule has 0 unspecified atom stereocenters. The number of nitrogens with zero attached hydrogens (tertiary/aromatic N) is 1. The Morgan fingerprint density at radius 3 is 2.36 bits per heavy atom. The van der Waals surface area contributed by atoms with Crippen LogP contribution in [0.3, 0.4) is 0 Å². The van der Waals surface area contributed by atoms with Crippen molar-refractivity contribution in [2.45, 2.75) is 39.2 Å². The first-order chi connectivity index (χ1) is 6.49. The van der Waals surface area contributed by atoms with E-state index < -0.39 is 5.60 Å². The van der Waals surface area contributed by atoms with E-state index in [-0.39, 0.29) is 0 Å². The van der Waals surface area contributed by atoms with Gasteiger partial charge in [0.2, 0.25) is 0 Å². The van der Waals surface area contributed by atoms with Crippen LogP contribution in [-0.4, -0.2) is 49.0 Å². The molecule has 3 heteroatoms. The van der Waals surface area contributed by atoms with Gasteiger partial charge in [-0.25, -0.2) is 0 Å². The normalized spacial score (nSPS) is 12.4. The Labute approximate surface area is 88.1 Å². The van der Waals surface area contributed by atoms with Gasteiger partial charge in [-0.3, -0.25) is 0 Å². The first-order valence-electron chi connectivity index (χ1n) is 5.43. The fraction of sp³-hybridized carbons (Fsp3) is 1.00. The number of likely N-dealkylation sites (N-methyl/N-ethyl adjacent to an activating group) is 1. The monoisotopic (exact) mass is 203 g/mol. The fourth-order valence-electron chi connectivity index (χ4n) is 1.48. The van der Waals surface area contributed by atoms with Crippen LogP contribution in [0.1, 0.15) is 33.6 Å². The van der Waals surface area contributed by atoms with Crippen molar-refractivity contribution < 1.29 is 9.84 Å². The Bertz CT molecular complexity index is 132. The molecule has 0 aliphatic carbocycles. The summed E-state index contributed by atoms with van der Waals surface area (Å²) in [6.07, 6.45) is 2.23. The zero-order valence-electron chi connectivity index (χ0n) is 10.0. The van der Waals surface area contributed by atoms with Gasteiger partial charge in [0.05, 0.1) is 5.60 Å². The third-order valence-corrected chi connectivity index (χ3v) is 2.13. The zero-order chi connectivity index (χ0) is 11.0. The average Bonchev–Trinajstić information content (AvgIpc) is 2.08. The van der Waals surface area contributed by atoms with E-state index in [1.54, 1.807) is 7.11 Å². The average molecular weight is 203 g/mol. The molecule has 0 atom stereocenters. The van der Waals surface area contributed by atoms with Crippen LogP contribution in [0, 0.1) is 0 Å². The summed E-state index contributed by atoms with van der Waals surface area (Å²) in [7, 11) is 1.73. The molecule has 0 aliphatic rings. The van der Waals surface area contributed by atoms with E-state index in [2.05, 4.69) is 11.8 Å². The van der Waals surface area contributed by atoms with Crippen LogP contribution >= 0.6 is 0 Å². The van der Waals surface area contributed by atoms with Gasteiger partial charge in [-0.05, 0) is 39.8 Å². The van der Waals surface area contributed by atoms with E-state index in [1.807, 2.05) is 13.8 Å². The van der Waals surface area contributed by atoms with E-state index in [4.69, 9.17) is 4.74 Å². The van der Waals surface area contributed by atoms with Gasteiger partial charge in [-0.1, -0.05) is 6.92 Å². The smallest absolute Gasteiger partial charge is 0.0718 e. The highest BCUT2D eigenvalue weighted by Crippen LogP contribution is 2.05. The minimum Gasteiger partial charge on any atom is -0.389 e. The predicted molar refractivity (Wildman–Crippen MR) is 59.5 cm³/mol. The fourth-order valence-corrected chi connectivity index (χ4v) is 1.48. The van der Waals surface area contributed by atoms with Gasteiger partial charge < -0.3 is 14.7 Å². The molecular formula is C11H25NO2. The molecule has 1 N–H and O–H groups in total. The van der Waals surface area contributed by atoms with Crippen LogP contribution in [0.5, 0.6) is 0 Å². The summed E-state index contributed by atoms with van der Waals surface area (Å²) in [5.74, 6) is 0. The molecule has 0 aliphatic heterocycles. The Hall–Kier alpha value is -0.120. The van der Waals surface area contributed by atoms with Crippen molar-refractivity contribution in [1.29, 1.82) is 0 Å². The maximum Gasteiger partial charge on any atom is 0.0718 e. The van der Waals surface area contributed by atoms with Crippen molar-refractivity contribution in [3.63, 3.8) is 0 Å². The Morgan fingerprint density at radius 1 is 1.29 bits per heavy atom. The molecule has 14 heavy (non-hydrogen) atoms. The van der Waals surface area contributed by atoms with Crippen LogP contribution < -0.4 is 0 Å². The van der Waals surface area contributed by atoms with Crippen molar-refractivity contribution in [3.05, 3.63) is 0 Å². The van der Waals surface area contributed by atoms with Crippen LogP contribution in [0.25, 0.3) is 0 Å². The van der Waals surface area contributed by atoms with Crippen molar-refractivity contribution >= 4 is 0 Å². The Balaban J connectivity index is 3.58. The number of aliphatic hydroxyl groups is 1. The lowest BCUT2D eigenvalue weighted by molar-refractivity contribution is 0.0368. The highest BCUT2D eigenvalue weighted by molar-refractivity contribution is 4.71. The SMILES string of the molecule is CCN(CCCCOC)CC(C)(C)O. The lowest BCUT2D eigenvalue weighted by Crippen LogP contribution is -2.39. The summed E-state index contributed by atoms with van der Waals surface area (Å²) < 4.78 is 4.99. The van der Waals surface area contributed by atoms with Crippen LogP contribution in [-0.2, 0) is 4.74 Å². The van der Waals surface area contributed by atoms with E-state index in [0.29, 0.717) is 0 Å². The summed E-state index contributed by atoms with van der Waals surface area (Å²) in [5.41, 5.74) is -0.586. The van der Waals surface area contributed by atoms with Crippen LogP contribution in [0.4, 0.5) is 0 Å². The molecule has 0 amide bonds. The molecule has 0 rings (SSSR count). The predicted octanol–water partition coefficient (Wildman–Crippen LogP) is 1.51. The molecule has 0 aromatic heterocycles. The number of hydrogen-bond donors (Lipinski definition) is 1. The summed E-state index contributed by atoms with van der Waals surface area (Å²) in [4.78, 5) is 2.27. The highest BCUT2D eigenvalue weighted by atomic mass is 16.5. The minimum absolute atomic E-state index is 0.586. The second-order valence-electron chi connectivity index (χ2n) is 4.38. The van der Waals surface area contributed by atoms with Gasteiger partial charge in [-0.2, -0.15) is 0 Å². The second kappa shape index (κ2) is 7.21. The third kappa shape index (κ3) is 8.48. The number of ether oxygens (including phenoxy) is 1. The van der Waals surface area contributed by atoms with Gasteiger partial charge in [0.25, 0.3) is 0 Å². The van der Waals surface area contributed by atoms with Crippen molar-refractivity contribution in [1.82, 2.24) is 4.90 Å². The van der Waals surface area contributed by atoms with E-state index in [0.717, 1.165) is 39.1 Å². The Kier molecular flexibility index (Phi) is 7.15. The maximum absolute atomic E-state index is 9.66. The molecule has 0 radical (unpaired) electrons. The molecule has 3 nitrogen and oxygen atoms in total. The molecule has 0 spiro atoms. The molecular weight excluding hydrogens is 178 g/mol. The van der Waals surface area contributed by atoms with Crippen molar-refractivity contribution in [2.75, 3.05) is 33.4 Å². The van der Waals surface area contributed by atoms with Gasteiger partial charge in [-0.15, -0.1) is 0 Å². The van der Waals surface area contributed by atoms with Gasteiger partial charge in [0.15, 0.2) is 0 Å². The van der Waals surface area contributed by atoms with Gasteiger partial charge >= 0.3 is 0 Å². The first-order valence-corrected chi connectivity index (χ1v) is 5.43. The lowest BCUT2D eigenvalue weighted by Gasteiger charge is -2.27. The zero-order valence-corrected chi connectivity index (χ0v) is 10.0. The molecule has 0 aromatic rings. The maximum atomic E-state index is 9.66. The first kappa shape index (κ1) is 13.9. The third-order valence-electron chi connectivity index (χ3n) is 2.13. The van der Waals surface area contributed by atoms with Crippen molar-refractivity contribution in [3.8, 4) is 0 Å². The molecule has 0 saturated heterocycles. The van der Waals surface area contributed by atoms with Gasteiger partial charge in [0, 0.05) is 20.3 Å². The molecule has 0 aromatic carbocycles. The summed E-state index contributed by atoms with van der Waals surface area (Å²) in [6.45, 7) is 9.45.